The Morgan fingerprint density at radius 2 is 1.73 bits per heavy atom. The predicted molar refractivity (Wildman–Crippen MR) is 121 cm³/mol. The smallest absolute Gasteiger partial charge is 0.261 e. The second kappa shape index (κ2) is 11.6. The molecule has 2 atom stereocenters. The molecule has 0 spiro atoms. The van der Waals surface area contributed by atoms with Crippen molar-refractivity contribution in [2.24, 2.45) is 0 Å². The third-order valence-electron chi connectivity index (χ3n) is 5.07. The molecule has 2 rings (SSSR count). The lowest BCUT2D eigenvalue weighted by molar-refractivity contribution is -0.143. The Labute approximate surface area is 184 Å². The Hall–Kier alpha value is -2.53. The first kappa shape index (κ1) is 23.7. The van der Waals surface area contributed by atoms with Gasteiger partial charge in [-0.25, -0.2) is 0 Å². The van der Waals surface area contributed by atoms with Gasteiger partial charge in [0.1, 0.15) is 11.8 Å². The Kier molecular flexibility index (Phi) is 9.18. The molecule has 0 aliphatic heterocycles. The number of ether oxygens (including phenoxy) is 1. The molecule has 0 bridgehead atoms. The van der Waals surface area contributed by atoms with Gasteiger partial charge in [0, 0.05) is 17.6 Å². The van der Waals surface area contributed by atoms with E-state index in [0.29, 0.717) is 17.2 Å². The van der Waals surface area contributed by atoms with Crippen LogP contribution in [0, 0.1) is 6.92 Å². The fourth-order valence-electron chi connectivity index (χ4n) is 3.03. The molecule has 30 heavy (non-hydrogen) atoms. The number of carbonyl (C=O) groups is 2. The van der Waals surface area contributed by atoms with Gasteiger partial charge in [0.15, 0.2) is 6.61 Å². The summed E-state index contributed by atoms with van der Waals surface area (Å²) < 4.78 is 5.69. The van der Waals surface area contributed by atoms with Crippen molar-refractivity contribution in [3.63, 3.8) is 0 Å². The highest BCUT2D eigenvalue weighted by Crippen LogP contribution is 2.20. The molecule has 0 aliphatic carbocycles. The van der Waals surface area contributed by atoms with E-state index in [1.165, 1.54) is 0 Å². The van der Waals surface area contributed by atoms with Crippen LogP contribution in [0.2, 0.25) is 5.02 Å². The largest absolute Gasteiger partial charge is 0.484 e. The molecule has 0 fully saturated rings. The first-order valence-corrected chi connectivity index (χ1v) is 10.8. The maximum absolute atomic E-state index is 13.1. The lowest BCUT2D eigenvalue weighted by Gasteiger charge is -2.31. The van der Waals surface area contributed by atoms with Gasteiger partial charge in [0.05, 0.1) is 0 Å². The second-order valence-electron chi connectivity index (χ2n) is 7.46. The van der Waals surface area contributed by atoms with Crippen LogP contribution in [0.25, 0.3) is 0 Å². The van der Waals surface area contributed by atoms with Crippen molar-refractivity contribution in [1.29, 1.82) is 0 Å². The zero-order valence-corrected chi connectivity index (χ0v) is 18.9. The Bertz CT molecular complexity index is 839. The van der Waals surface area contributed by atoms with Crippen molar-refractivity contribution in [3.05, 3.63) is 64.7 Å². The van der Waals surface area contributed by atoms with Crippen LogP contribution in [0.1, 0.15) is 44.7 Å². The zero-order valence-electron chi connectivity index (χ0n) is 18.2. The number of halogens is 1. The maximum atomic E-state index is 13.1. The van der Waals surface area contributed by atoms with Crippen molar-refractivity contribution >= 4 is 23.4 Å². The fraction of sp³-hybridized carbons (Fsp3) is 0.417. The molecule has 2 aromatic rings. The van der Waals surface area contributed by atoms with Crippen LogP contribution in [-0.4, -0.2) is 35.4 Å². The van der Waals surface area contributed by atoms with Crippen LogP contribution >= 0.6 is 11.6 Å². The van der Waals surface area contributed by atoms with Crippen LogP contribution in [0.5, 0.6) is 5.75 Å². The van der Waals surface area contributed by atoms with Crippen LogP contribution in [0.3, 0.4) is 0 Å². The molecule has 0 aromatic heterocycles. The van der Waals surface area contributed by atoms with E-state index in [1.807, 2.05) is 70.2 Å². The summed E-state index contributed by atoms with van der Waals surface area (Å²) in [5.74, 6) is 0.188. The summed E-state index contributed by atoms with van der Waals surface area (Å²) in [6, 6.07) is 14.3. The quantitative estimate of drug-likeness (QED) is 0.591. The summed E-state index contributed by atoms with van der Waals surface area (Å²) >= 11 is 6.33. The number of rotatable bonds is 10. The second-order valence-corrected chi connectivity index (χ2v) is 7.86. The van der Waals surface area contributed by atoms with E-state index in [1.54, 1.807) is 11.0 Å². The zero-order chi connectivity index (χ0) is 22.1. The highest BCUT2D eigenvalue weighted by atomic mass is 35.5. The number of nitrogens with zero attached hydrogens (tertiary/aromatic N) is 1. The van der Waals surface area contributed by atoms with E-state index in [4.69, 9.17) is 16.3 Å². The fourth-order valence-corrected chi connectivity index (χ4v) is 3.23. The lowest BCUT2D eigenvalue weighted by atomic mass is 10.1. The van der Waals surface area contributed by atoms with Gasteiger partial charge in [0.2, 0.25) is 5.91 Å². The molecular weight excluding hydrogens is 400 g/mol. The van der Waals surface area contributed by atoms with Gasteiger partial charge in [0.25, 0.3) is 5.91 Å². The highest BCUT2D eigenvalue weighted by Gasteiger charge is 2.29. The summed E-state index contributed by atoms with van der Waals surface area (Å²) in [4.78, 5) is 27.6. The number of amides is 2. The van der Waals surface area contributed by atoms with Gasteiger partial charge in [-0.15, -0.1) is 0 Å². The van der Waals surface area contributed by atoms with Crippen LogP contribution in [0.4, 0.5) is 0 Å². The maximum Gasteiger partial charge on any atom is 0.261 e. The number of benzene rings is 2. The van der Waals surface area contributed by atoms with E-state index < -0.39 is 6.04 Å². The van der Waals surface area contributed by atoms with Gasteiger partial charge in [-0.2, -0.15) is 0 Å². The molecule has 162 valence electrons. The lowest BCUT2D eigenvalue weighted by Crippen LogP contribution is -2.51. The average Bonchev–Trinajstić information content (AvgIpc) is 2.74. The molecule has 1 N–H and O–H groups in total. The molecule has 5 nitrogen and oxygen atoms in total. The molecule has 0 saturated carbocycles. The van der Waals surface area contributed by atoms with Crippen molar-refractivity contribution in [1.82, 2.24) is 10.2 Å². The van der Waals surface area contributed by atoms with Crippen LogP contribution < -0.4 is 10.1 Å². The number of nitrogens with one attached hydrogen (secondary N) is 1. The third-order valence-corrected chi connectivity index (χ3v) is 5.44. The van der Waals surface area contributed by atoms with E-state index in [0.717, 1.165) is 17.5 Å². The van der Waals surface area contributed by atoms with Gasteiger partial charge < -0.3 is 15.0 Å². The predicted octanol–water partition coefficient (Wildman–Crippen LogP) is 4.75. The highest BCUT2D eigenvalue weighted by molar-refractivity contribution is 6.31. The molecule has 0 radical (unpaired) electrons. The summed E-state index contributed by atoms with van der Waals surface area (Å²) in [5.41, 5.74) is 1.90. The summed E-state index contributed by atoms with van der Waals surface area (Å²) in [7, 11) is 0. The molecule has 0 heterocycles. The molecule has 2 aromatic carbocycles. The van der Waals surface area contributed by atoms with Crippen LogP contribution in [-0.2, 0) is 16.1 Å². The summed E-state index contributed by atoms with van der Waals surface area (Å²) in [5, 5.41) is 3.55. The van der Waals surface area contributed by atoms with E-state index in [-0.39, 0.29) is 31.0 Å². The van der Waals surface area contributed by atoms with E-state index >= 15 is 0 Å². The molecular formula is C24H31ClN2O3. The number of hydrogen-bond acceptors (Lipinski definition) is 3. The number of aryl methyl sites for hydroxylation is 1. The van der Waals surface area contributed by atoms with Crippen molar-refractivity contribution < 1.29 is 14.3 Å². The monoisotopic (exact) mass is 430 g/mol. The molecule has 2 amide bonds. The van der Waals surface area contributed by atoms with Gasteiger partial charge in [-0.1, -0.05) is 61.3 Å². The minimum Gasteiger partial charge on any atom is -0.484 e. The minimum absolute atomic E-state index is 0.0348. The summed E-state index contributed by atoms with van der Waals surface area (Å²) in [6.07, 6.45) is 1.31. The normalized spacial score (nSPS) is 12.7. The molecule has 0 saturated heterocycles. The Morgan fingerprint density at radius 1 is 1.07 bits per heavy atom. The van der Waals surface area contributed by atoms with Crippen molar-refractivity contribution in [3.8, 4) is 5.75 Å². The Balaban J connectivity index is 2.21. The van der Waals surface area contributed by atoms with Crippen molar-refractivity contribution in [2.45, 2.75) is 59.2 Å². The average molecular weight is 431 g/mol. The first-order chi connectivity index (χ1) is 14.3. The van der Waals surface area contributed by atoms with Gasteiger partial charge in [-0.05, 0) is 50.5 Å². The minimum atomic E-state index is -0.607. The molecule has 6 heteroatoms. The van der Waals surface area contributed by atoms with Crippen molar-refractivity contribution in [2.75, 3.05) is 6.61 Å². The number of carbonyl (C=O) groups excluding carboxylic acids is 2. The van der Waals surface area contributed by atoms with Gasteiger partial charge >= 0.3 is 0 Å². The Morgan fingerprint density at radius 3 is 2.33 bits per heavy atom. The first-order valence-electron chi connectivity index (χ1n) is 10.4. The molecule has 0 aliphatic rings. The van der Waals surface area contributed by atoms with E-state index in [2.05, 4.69) is 5.32 Å². The van der Waals surface area contributed by atoms with Gasteiger partial charge in [-0.3, -0.25) is 9.59 Å². The number of hydrogen-bond donors (Lipinski definition) is 1. The van der Waals surface area contributed by atoms with E-state index in [9.17, 15) is 9.59 Å². The SMILES string of the molecule is CC[C@H](C)NC(=O)[C@H](CC)N(Cc1ccccc1Cl)C(=O)COc1ccc(C)cc1. The van der Waals surface area contributed by atoms with Crippen LogP contribution in [0.15, 0.2) is 48.5 Å². The third kappa shape index (κ3) is 6.77. The standard InChI is InChI=1S/C24H31ClN2O3/c1-5-18(4)26-24(29)22(6-2)27(15-19-9-7-8-10-21(19)25)23(28)16-30-20-13-11-17(3)12-14-20/h7-14,18,22H,5-6,15-16H2,1-4H3,(H,26,29)/t18-,22-/m0/s1. The summed E-state index contributed by atoms with van der Waals surface area (Å²) in [6.45, 7) is 7.93. The topological polar surface area (TPSA) is 58.6 Å². The molecule has 0 unspecified atom stereocenters.